The van der Waals surface area contributed by atoms with E-state index in [9.17, 15) is 4.79 Å². The van der Waals surface area contributed by atoms with Crippen LogP contribution in [0.25, 0.3) is 10.8 Å². The lowest BCUT2D eigenvalue weighted by molar-refractivity contribution is 0.0603. The molecule has 0 heterocycles. The summed E-state index contributed by atoms with van der Waals surface area (Å²) in [7, 11) is 1.40. The van der Waals surface area contributed by atoms with Gasteiger partial charge in [-0.25, -0.2) is 4.79 Å². The topological polar surface area (TPSA) is 26.3 Å². The minimum atomic E-state index is -0.290. The van der Waals surface area contributed by atoms with Gasteiger partial charge in [-0.15, -0.1) is 0 Å². The monoisotopic (exact) mass is 312 g/mol. The smallest absolute Gasteiger partial charge is 0.338 e. The lowest BCUT2D eigenvalue weighted by Gasteiger charge is -2.04. The van der Waals surface area contributed by atoms with Crippen molar-refractivity contribution in [2.45, 2.75) is 0 Å². The van der Waals surface area contributed by atoms with E-state index in [4.69, 9.17) is 4.74 Å². The zero-order valence-corrected chi connectivity index (χ0v) is 10.3. The first-order valence-corrected chi connectivity index (χ1v) is 5.57. The summed E-state index contributed by atoms with van der Waals surface area (Å²) in [6, 6.07) is 11.6. The molecule has 0 saturated heterocycles. The number of rotatable bonds is 1. The molecule has 0 spiro atoms. The van der Waals surface area contributed by atoms with Gasteiger partial charge in [0.25, 0.3) is 0 Å². The summed E-state index contributed by atoms with van der Waals surface area (Å²) < 4.78 is 5.89. The molecule has 0 unspecified atom stereocenters. The SMILES string of the molecule is COC(=O)c1cccc2cc(I)ccc12. The molecule has 0 aromatic heterocycles. The standard InChI is InChI=1S/C12H9IO2/c1-15-12(14)11-4-2-3-8-7-9(13)5-6-10(8)11/h2-7H,1H3. The Morgan fingerprint density at radius 2 is 2.07 bits per heavy atom. The van der Waals surface area contributed by atoms with Crippen LogP contribution in [-0.4, -0.2) is 13.1 Å². The first kappa shape index (κ1) is 10.4. The second kappa shape index (κ2) is 4.18. The van der Waals surface area contributed by atoms with Crippen LogP contribution in [0.1, 0.15) is 10.4 Å². The van der Waals surface area contributed by atoms with Crippen molar-refractivity contribution in [1.29, 1.82) is 0 Å². The Hall–Kier alpha value is -1.10. The van der Waals surface area contributed by atoms with Gasteiger partial charge in [0.2, 0.25) is 0 Å². The molecular formula is C12H9IO2. The molecule has 2 aromatic rings. The molecule has 2 aromatic carbocycles. The van der Waals surface area contributed by atoms with Gasteiger partial charge in [0, 0.05) is 3.57 Å². The number of esters is 1. The Kier molecular flexibility index (Phi) is 2.90. The van der Waals surface area contributed by atoms with Crippen LogP contribution in [0.15, 0.2) is 36.4 Å². The average Bonchev–Trinajstić information content (AvgIpc) is 2.26. The zero-order chi connectivity index (χ0) is 10.8. The lowest BCUT2D eigenvalue weighted by atomic mass is 10.1. The van der Waals surface area contributed by atoms with E-state index in [-0.39, 0.29) is 5.97 Å². The molecule has 0 saturated carbocycles. The molecule has 2 rings (SSSR count). The molecule has 0 radical (unpaired) electrons. The third-order valence-electron chi connectivity index (χ3n) is 2.25. The maximum Gasteiger partial charge on any atom is 0.338 e. The van der Waals surface area contributed by atoms with E-state index in [0.29, 0.717) is 5.56 Å². The van der Waals surface area contributed by atoms with Crippen LogP contribution >= 0.6 is 22.6 Å². The number of hydrogen-bond donors (Lipinski definition) is 0. The number of benzene rings is 2. The van der Waals surface area contributed by atoms with Gasteiger partial charge in [-0.2, -0.15) is 0 Å². The van der Waals surface area contributed by atoms with Gasteiger partial charge < -0.3 is 4.74 Å². The van der Waals surface area contributed by atoms with Crippen molar-refractivity contribution in [3.63, 3.8) is 0 Å². The second-order valence-corrected chi connectivity index (χ2v) is 4.41. The van der Waals surface area contributed by atoms with Crippen LogP contribution in [0.5, 0.6) is 0 Å². The van der Waals surface area contributed by atoms with Gasteiger partial charge in [0.1, 0.15) is 0 Å². The van der Waals surface area contributed by atoms with E-state index in [1.54, 1.807) is 6.07 Å². The molecule has 0 bridgehead atoms. The van der Waals surface area contributed by atoms with Crippen LogP contribution in [0.4, 0.5) is 0 Å². The van der Waals surface area contributed by atoms with Gasteiger partial charge in [-0.05, 0) is 51.6 Å². The predicted octanol–water partition coefficient (Wildman–Crippen LogP) is 3.23. The summed E-state index contributed by atoms with van der Waals surface area (Å²) in [5, 5.41) is 1.99. The van der Waals surface area contributed by atoms with E-state index < -0.39 is 0 Å². The van der Waals surface area contributed by atoms with Crippen LogP contribution in [0.2, 0.25) is 0 Å². The minimum Gasteiger partial charge on any atom is -0.465 e. The fourth-order valence-electron chi connectivity index (χ4n) is 1.54. The number of carbonyl (C=O) groups excluding carboxylic acids is 1. The first-order valence-electron chi connectivity index (χ1n) is 4.49. The molecule has 0 amide bonds. The second-order valence-electron chi connectivity index (χ2n) is 3.16. The third-order valence-corrected chi connectivity index (χ3v) is 2.92. The van der Waals surface area contributed by atoms with Crippen LogP contribution < -0.4 is 0 Å². The summed E-state index contributed by atoms with van der Waals surface area (Å²) in [4.78, 5) is 11.5. The Labute approximate surface area is 101 Å². The largest absolute Gasteiger partial charge is 0.465 e. The van der Waals surface area contributed by atoms with E-state index in [2.05, 4.69) is 22.6 Å². The predicted molar refractivity (Wildman–Crippen MR) is 68.0 cm³/mol. The van der Waals surface area contributed by atoms with E-state index >= 15 is 0 Å². The molecule has 15 heavy (non-hydrogen) atoms. The van der Waals surface area contributed by atoms with Gasteiger partial charge in [-0.1, -0.05) is 18.2 Å². The highest BCUT2D eigenvalue weighted by Gasteiger charge is 2.09. The average molecular weight is 312 g/mol. The molecule has 0 N–H and O–H groups in total. The van der Waals surface area contributed by atoms with Crippen LogP contribution in [0, 0.1) is 3.57 Å². The molecule has 0 atom stereocenters. The number of methoxy groups -OCH3 is 1. The summed E-state index contributed by atoms with van der Waals surface area (Å²) in [6.07, 6.45) is 0. The van der Waals surface area contributed by atoms with Gasteiger partial charge in [0.05, 0.1) is 12.7 Å². The number of carbonyl (C=O) groups is 1. The first-order chi connectivity index (χ1) is 7.22. The molecule has 0 fully saturated rings. The summed E-state index contributed by atoms with van der Waals surface area (Å²) in [5.74, 6) is -0.290. The zero-order valence-electron chi connectivity index (χ0n) is 8.16. The van der Waals surface area contributed by atoms with Gasteiger partial charge >= 0.3 is 5.97 Å². The van der Waals surface area contributed by atoms with Crippen molar-refractivity contribution in [2.75, 3.05) is 7.11 Å². The summed E-state index contributed by atoms with van der Waals surface area (Å²) in [6.45, 7) is 0. The number of hydrogen-bond acceptors (Lipinski definition) is 2. The fraction of sp³-hybridized carbons (Fsp3) is 0.0833. The van der Waals surface area contributed by atoms with Crippen molar-refractivity contribution < 1.29 is 9.53 Å². The minimum absolute atomic E-state index is 0.290. The Morgan fingerprint density at radius 1 is 1.27 bits per heavy atom. The molecule has 0 aliphatic heterocycles. The van der Waals surface area contributed by atoms with Crippen LogP contribution in [0.3, 0.4) is 0 Å². The highest BCUT2D eigenvalue weighted by molar-refractivity contribution is 14.1. The maximum atomic E-state index is 11.5. The fourth-order valence-corrected chi connectivity index (χ4v) is 2.06. The van der Waals surface area contributed by atoms with Crippen molar-refractivity contribution in [3.8, 4) is 0 Å². The number of fused-ring (bicyclic) bond motifs is 1. The molecule has 76 valence electrons. The molecular weight excluding hydrogens is 303 g/mol. The maximum absolute atomic E-state index is 11.5. The highest BCUT2D eigenvalue weighted by atomic mass is 127. The molecule has 0 aliphatic carbocycles. The van der Waals surface area contributed by atoms with E-state index in [0.717, 1.165) is 14.3 Å². The molecule has 3 heteroatoms. The van der Waals surface area contributed by atoms with Gasteiger partial charge in [0.15, 0.2) is 0 Å². The van der Waals surface area contributed by atoms with Crippen molar-refractivity contribution in [1.82, 2.24) is 0 Å². The Bertz CT molecular complexity index is 520. The highest BCUT2D eigenvalue weighted by Crippen LogP contribution is 2.21. The van der Waals surface area contributed by atoms with Crippen molar-refractivity contribution >= 4 is 39.3 Å². The van der Waals surface area contributed by atoms with Crippen LogP contribution in [-0.2, 0) is 4.74 Å². The number of halogens is 1. The van der Waals surface area contributed by atoms with E-state index in [1.807, 2.05) is 30.3 Å². The third kappa shape index (κ3) is 1.97. The van der Waals surface area contributed by atoms with Crippen molar-refractivity contribution in [2.24, 2.45) is 0 Å². The Morgan fingerprint density at radius 3 is 2.80 bits per heavy atom. The Balaban J connectivity index is 2.71. The lowest BCUT2D eigenvalue weighted by Crippen LogP contribution is -2.01. The van der Waals surface area contributed by atoms with Gasteiger partial charge in [-0.3, -0.25) is 0 Å². The summed E-state index contributed by atoms with van der Waals surface area (Å²) in [5.41, 5.74) is 0.617. The van der Waals surface area contributed by atoms with Crippen molar-refractivity contribution in [3.05, 3.63) is 45.5 Å². The normalized spacial score (nSPS) is 10.3. The quantitative estimate of drug-likeness (QED) is 0.597. The van der Waals surface area contributed by atoms with E-state index in [1.165, 1.54) is 7.11 Å². The summed E-state index contributed by atoms with van der Waals surface area (Å²) >= 11 is 2.25. The number of ether oxygens (including phenoxy) is 1. The molecule has 0 aliphatic rings. The molecule has 2 nitrogen and oxygen atoms in total.